The van der Waals surface area contributed by atoms with Crippen LogP contribution in [-0.4, -0.2) is 34.6 Å². The first kappa shape index (κ1) is 15.7. The van der Waals surface area contributed by atoms with E-state index in [1.54, 1.807) is 47.1 Å². The summed E-state index contributed by atoms with van der Waals surface area (Å²) >= 11 is 0. The summed E-state index contributed by atoms with van der Waals surface area (Å²) in [5.41, 5.74) is 1.55. The second-order valence-corrected chi connectivity index (χ2v) is 5.11. The zero-order chi connectivity index (χ0) is 17.1. The Kier molecular flexibility index (Phi) is 4.24. The first-order chi connectivity index (χ1) is 11.6. The van der Waals surface area contributed by atoms with Crippen molar-refractivity contribution in [2.75, 3.05) is 14.2 Å². The van der Waals surface area contributed by atoms with Gasteiger partial charge in [0.2, 0.25) is 0 Å². The fraction of sp³-hybridized carbons (Fsp3) is 0.176. The van der Waals surface area contributed by atoms with Gasteiger partial charge in [0.05, 0.1) is 26.5 Å². The molecule has 7 heteroatoms. The molecule has 0 bridgehead atoms. The highest BCUT2D eigenvalue weighted by Gasteiger charge is 2.12. The van der Waals surface area contributed by atoms with Crippen molar-refractivity contribution in [3.63, 3.8) is 0 Å². The van der Waals surface area contributed by atoms with Crippen molar-refractivity contribution in [3.05, 3.63) is 54.0 Å². The van der Waals surface area contributed by atoms with E-state index in [9.17, 15) is 9.90 Å². The highest BCUT2D eigenvalue weighted by molar-refractivity contribution is 5.94. The molecule has 2 aromatic heterocycles. The number of carbonyl (C=O) groups excluding carboxylic acids is 1. The zero-order valence-corrected chi connectivity index (χ0v) is 13.3. The summed E-state index contributed by atoms with van der Waals surface area (Å²) in [6, 6.07) is 8.23. The normalized spacial score (nSPS) is 10.6. The van der Waals surface area contributed by atoms with Gasteiger partial charge in [-0.3, -0.25) is 4.79 Å². The lowest BCUT2D eigenvalue weighted by molar-refractivity contribution is 0.0950. The molecule has 7 nitrogen and oxygen atoms in total. The van der Waals surface area contributed by atoms with Crippen LogP contribution in [0.25, 0.3) is 5.65 Å². The molecule has 0 unspecified atom stereocenters. The van der Waals surface area contributed by atoms with Crippen LogP contribution in [0.15, 0.2) is 42.7 Å². The van der Waals surface area contributed by atoms with Crippen LogP contribution in [0.1, 0.15) is 16.1 Å². The van der Waals surface area contributed by atoms with Crippen molar-refractivity contribution in [1.82, 2.24) is 14.7 Å². The van der Waals surface area contributed by atoms with Gasteiger partial charge in [0, 0.05) is 18.0 Å². The molecular formula is C17H17N3O4. The van der Waals surface area contributed by atoms with Gasteiger partial charge < -0.3 is 24.3 Å². The van der Waals surface area contributed by atoms with Crippen molar-refractivity contribution in [2.45, 2.75) is 6.54 Å². The van der Waals surface area contributed by atoms with E-state index in [-0.39, 0.29) is 18.2 Å². The number of pyridine rings is 1. The Hall–Kier alpha value is -3.22. The fourth-order valence-corrected chi connectivity index (χ4v) is 2.38. The highest BCUT2D eigenvalue weighted by atomic mass is 16.5. The molecular weight excluding hydrogens is 310 g/mol. The summed E-state index contributed by atoms with van der Waals surface area (Å²) in [7, 11) is 3.05. The van der Waals surface area contributed by atoms with Gasteiger partial charge in [-0.15, -0.1) is 0 Å². The number of rotatable bonds is 5. The van der Waals surface area contributed by atoms with E-state index in [4.69, 9.17) is 9.47 Å². The number of ether oxygens (including phenoxy) is 2. The van der Waals surface area contributed by atoms with Gasteiger partial charge in [0.1, 0.15) is 0 Å². The van der Waals surface area contributed by atoms with E-state index >= 15 is 0 Å². The third-order valence-corrected chi connectivity index (χ3v) is 3.59. The van der Waals surface area contributed by atoms with E-state index < -0.39 is 0 Å². The molecule has 0 saturated heterocycles. The van der Waals surface area contributed by atoms with E-state index in [1.807, 2.05) is 0 Å². The maximum Gasteiger partial charge on any atom is 0.251 e. The van der Waals surface area contributed by atoms with Crippen LogP contribution in [0.5, 0.6) is 17.2 Å². The molecule has 1 aromatic carbocycles. The van der Waals surface area contributed by atoms with Gasteiger partial charge in [-0.25, -0.2) is 4.98 Å². The number of fused-ring (bicyclic) bond motifs is 1. The number of nitrogens with zero attached hydrogens (tertiary/aromatic N) is 2. The van der Waals surface area contributed by atoms with Crippen molar-refractivity contribution in [2.24, 2.45) is 0 Å². The number of hydrogen-bond donors (Lipinski definition) is 2. The van der Waals surface area contributed by atoms with Gasteiger partial charge >= 0.3 is 0 Å². The molecule has 2 N–H and O–H groups in total. The maximum atomic E-state index is 12.3. The smallest absolute Gasteiger partial charge is 0.251 e. The molecule has 3 rings (SSSR count). The third kappa shape index (κ3) is 2.96. The lowest BCUT2D eigenvalue weighted by Crippen LogP contribution is -2.23. The Balaban J connectivity index is 1.73. The maximum absolute atomic E-state index is 12.3. The van der Waals surface area contributed by atoms with Crippen molar-refractivity contribution < 1.29 is 19.4 Å². The Morgan fingerprint density at radius 2 is 2.04 bits per heavy atom. The summed E-state index contributed by atoms with van der Waals surface area (Å²) in [6.07, 6.45) is 3.53. The van der Waals surface area contributed by atoms with Crippen LogP contribution in [0.3, 0.4) is 0 Å². The topological polar surface area (TPSA) is 85.1 Å². The van der Waals surface area contributed by atoms with E-state index in [0.717, 1.165) is 0 Å². The number of nitrogens with one attached hydrogen (secondary N) is 1. The van der Waals surface area contributed by atoms with Crippen LogP contribution in [0.2, 0.25) is 0 Å². The van der Waals surface area contributed by atoms with Crippen LogP contribution >= 0.6 is 0 Å². The van der Waals surface area contributed by atoms with Crippen LogP contribution in [0.4, 0.5) is 0 Å². The molecule has 0 radical (unpaired) electrons. The standard InChI is InChI=1S/C17H17N3O4/c1-23-14-6-5-11(8-15(14)24-2)17(22)18-9-12-10-20-7-3-4-13(21)16(20)19-12/h3-8,10,21H,9H2,1-2H3,(H,18,22). The number of imidazole rings is 1. The number of amides is 1. The van der Waals surface area contributed by atoms with Crippen molar-refractivity contribution >= 4 is 11.6 Å². The molecule has 1 amide bonds. The van der Waals surface area contributed by atoms with Crippen LogP contribution in [0, 0.1) is 0 Å². The van der Waals surface area contributed by atoms with Gasteiger partial charge in [0.15, 0.2) is 22.9 Å². The molecule has 0 aliphatic rings. The molecule has 3 aromatic rings. The summed E-state index contributed by atoms with van der Waals surface area (Å²) < 4.78 is 12.0. The van der Waals surface area contributed by atoms with Crippen LogP contribution < -0.4 is 14.8 Å². The van der Waals surface area contributed by atoms with Crippen LogP contribution in [-0.2, 0) is 6.54 Å². The second-order valence-electron chi connectivity index (χ2n) is 5.11. The van der Waals surface area contributed by atoms with E-state index in [1.165, 1.54) is 14.2 Å². The van der Waals surface area contributed by atoms with E-state index in [2.05, 4.69) is 10.3 Å². The summed E-state index contributed by atoms with van der Waals surface area (Å²) in [4.78, 5) is 16.6. The average molecular weight is 327 g/mol. The molecule has 0 aliphatic carbocycles. The minimum Gasteiger partial charge on any atom is -0.504 e. The SMILES string of the molecule is COc1ccc(C(=O)NCc2cn3cccc(O)c3n2)cc1OC. The number of hydrogen-bond acceptors (Lipinski definition) is 5. The molecule has 124 valence electrons. The molecule has 0 atom stereocenters. The first-order valence-electron chi connectivity index (χ1n) is 7.28. The van der Waals surface area contributed by atoms with Crippen molar-refractivity contribution in [1.29, 1.82) is 0 Å². The monoisotopic (exact) mass is 327 g/mol. The highest BCUT2D eigenvalue weighted by Crippen LogP contribution is 2.27. The Labute approximate surface area is 138 Å². The fourth-order valence-electron chi connectivity index (χ4n) is 2.38. The van der Waals surface area contributed by atoms with Gasteiger partial charge in [-0.1, -0.05) is 0 Å². The number of carbonyl (C=O) groups is 1. The zero-order valence-electron chi connectivity index (χ0n) is 13.3. The molecule has 0 aliphatic heterocycles. The van der Waals surface area contributed by atoms with E-state index in [0.29, 0.717) is 28.4 Å². The Bertz CT molecular complexity index is 889. The minimum atomic E-state index is -0.253. The van der Waals surface area contributed by atoms with Gasteiger partial charge in [-0.05, 0) is 30.3 Å². The predicted octanol–water partition coefficient (Wildman–Crippen LogP) is 1.99. The first-order valence-corrected chi connectivity index (χ1v) is 7.28. The number of aromatic nitrogens is 2. The number of aromatic hydroxyl groups is 1. The lowest BCUT2D eigenvalue weighted by Gasteiger charge is -2.09. The number of methoxy groups -OCH3 is 2. The number of benzene rings is 1. The summed E-state index contributed by atoms with van der Waals surface area (Å²) in [6.45, 7) is 0.244. The van der Waals surface area contributed by atoms with Crippen molar-refractivity contribution in [3.8, 4) is 17.2 Å². The summed E-state index contributed by atoms with van der Waals surface area (Å²) in [5, 5.41) is 12.5. The molecule has 0 fully saturated rings. The summed E-state index contributed by atoms with van der Waals surface area (Å²) in [5.74, 6) is 0.889. The quantitative estimate of drug-likeness (QED) is 0.748. The Morgan fingerprint density at radius 3 is 2.75 bits per heavy atom. The lowest BCUT2D eigenvalue weighted by atomic mass is 10.2. The Morgan fingerprint density at radius 1 is 1.25 bits per heavy atom. The largest absolute Gasteiger partial charge is 0.504 e. The van der Waals surface area contributed by atoms with Gasteiger partial charge in [-0.2, -0.15) is 0 Å². The third-order valence-electron chi connectivity index (χ3n) is 3.59. The molecule has 2 heterocycles. The predicted molar refractivity (Wildman–Crippen MR) is 87.6 cm³/mol. The van der Waals surface area contributed by atoms with Gasteiger partial charge in [0.25, 0.3) is 5.91 Å². The minimum absolute atomic E-state index is 0.0926. The molecule has 24 heavy (non-hydrogen) atoms. The molecule has 0 saturated carbocycles. The average Bonchev–Trinajstić information content (AvgIpc) is 3.03. The second kappa shape index (κ2) is 6.49. The molecule has 0 spiro atoms.